The Balaban J connectivity index is 1.39. The molecule has 1 aromatic rings. The van der Waals surface area contributed by atoms with Crippen LogP contribution < -0.4 is 0 Å². The molecule has 0 heteroatoms. The van der Waals surface area contributed by atoms with Gasteiger partial charge in [0.1, 0.15) is 0 Å². The van der Waals surface area contributed by atoms with Gasteiger partial charge in [0.15, 0.2) is 0 Å². The van der Waals surface area contributed by atoms with E-state index in [1.807, 2.05) is 0 Å². The van der Waals surface area contributed by atoms with E-state index in [1.165, 1.54) is 95.5 Å². The van der Waals surface area contributed by atoms with Gasteiger partial charge < -0.3 is 0 Å². The van der Waals surface area contributed by atoms with Crippen molar-refractivity contribution in [3.8, 4) is 0 Å². The van der Waals surface area contributed by atoms with Gasteiger partial charge in [0, 0.05) is 0 Å². The number of hydrogen-bond donors (Lipinski definition) is 0. The third kappa shape index (κ3) is 6.36. The van der Waals surface area contributed by atoms with Crippen molar-refractivity contribution in [2.75, 3.05) is 0 Å². The highest BCUT2D eigenvalue weighted by Crippen LogP contribution is 2.43. The molecule has 0 spiro atoms. The monoisotopic (exact) mass is 378 g/mol. The molecule has 1 unspecified atom stereocenters. The van der Waals surface area contributed by atoms with Gasteiger partial charge >= 0.3 is 0 Å². The molecule has 0 amide bonds. The summed E-state index contributed by atoms with van der Waals surface area (Å²) in [6.07, 6.45) is 23.7. The van der Waals surface area contributed by atoms with Gasteiger partial charge in [-0.15, -0.1) is 6.58 Å². The highest BCUT2D eigenvalue weighted by Gasteiger charge is 2.29. The van der Waals surface area contributed by atoms with Gasteiger partial charge in [0.2, 0.25) is 0 Å². The second-order valence-corrected chi connectivity index (χ2v) is 9.39. The van der Waals surface area contributed by atoms with Crippen molar-refractivity contribution in [2.24, 2.45) is 11.8 Å². The van der Waals surface area contributed by atoms with Gasteiger partial charge in [-0.25, -0.2) is 0 Å². The van der Waals surface area contributed by atoms with E-state index in [4.69, 9.17) is 0 Å². The lowest BCUT2D eigenvalue weighted by atomic mass is 9.70. The first-order valence-corrected chi connectivity index (χ1v) is 12.2. The SMILES string of the molecule is C=CCCCCCC1=CCC(C2CCC(c3ccc(CCC)cc3)CC2)CC1. The highest BCUT2D eigenvalue weighted by molar-refractivity contribution is 5.26. The highest BCUT2D eigenvalue weighted by atomic mass is 14.3. The van der Waals surface area contributed by atoms with E-state index < -0.39 is 0 Å². The quantitative estimate of drug-likeness (QED) is 0.282. The van der Waals surface area contributed by atoms with Crippen LogP contribution in [0.3, 0.4) is 0 Å². The van der Waals surface area contributed by atoms with Crippen LogP contribution in [0.4, 0.5) is 0 Å². The van der Waals surface area contributed by atoms with Crippen LogP contribution in [-0.4, -0.2) is 0 Å². The summed E-state index contributed by atoms with van der Waals surface area (Å²) in [6, 6.07) is 9.58. The van der Waals surface area contributed by atoms with Gasteiger partial charge in [-0.1, -0.05) is 61.8 Å². The van der Waals surface area contributed by atoms with E-state index in [0.29, 0.717) is 0 Å². The lowest BCUT2D eigenvalue weighted by Crippen LogP contribution is -2.22. The smallest absolute Gasteiger partial charge is 0.0162 e. The molecule has 0 heterocycles. The number of rotatable bonds is 10. The summed E-state index contributed by atoms with van der Waals surface area (Å²) in [4.78, 5) is 0. The summed E-state index contributed by atoms with van der Waals surface area (Å²) in [7, 11) is 0. The van der Waals surface area contributed by atoms with Crippen LogP contribution >= 0.6 is 0 Å². The van der Waals surface area contributed by atoms with Crippen LogP contribution in [0, 0.1) is 11.8 Å². The molecule has 0 radical (unpaired) electrons. The van der Waals surface area contributed by atoms with Gasteiger partial charge in [0.25, 0.3) is 0 Å². The fraction of sp³-hybridized carbons (Fsp3) is 0.643. The summed E-state index contributed by atoms with van der Waals surface area (Å²) < 4.78 is 0. The first-order valence-electron chi connectivity index (χ1n) is 12.2. The Bertz CT molecular complexity index is 597. The van der Waals surface area contributed by atoms with E-state index in [0.717, 1.165) is 17.8 Å². The summed E-state index contributed by atoms with van der Waals surface area (Å²) in [6.45, 7) is 6.09. The Kier molecular flexibility index (Phi) is 8.90. The average molecular weight is 379 g/mol. The molecule has 1 fully saturated rings. The predicted molar refractivity (Wildman–Crippen MR) is 124 cm³/mol. The van der Waals surface area contributed by atoms with Gasteiger partial charge in [-0.3, -0.25) is 0 Å². The minimum atomic E-state index is 0.817. The van der Waals surface area contributed by atoms with E-state index >= 15 is 0 Å². The number of hydrogen-bond acceptors (Lipinski definition) is 0. The summed E-state index contributed by atoms with van der Waals surface area (Å²) in [5, 5.41) is 0. The Morgan fingerprint density at radius 2 is 1.68 bits per heavy atom. The minimum Gasteiger partial charge on any atom is -0.103 e. The molecular weight excluding hydrogens is 336 g/mol. The maximum Gasteiger partial charge on any atom is -0.0162 e. The van der Waals surface area contributed by atoms with Crippen LogP contribution in [0.5, 0.6) is 0 Å². The van der Waals surface area contributed by atoms with Crippen LogP contribution in [0.1, 0.15) is 107 Å². The summed E-state index contributed by atoms with van der Waals surface area (Å²) in [5.41, 5.74) is 4.86. The molecule has 154 valence electrons. The van der Waals surface area contributed by atoms with Crippen LogP contribution in [0.15, 0.2) is 48.6 Å². The molecule has 0 nitrogen and oxygen atoms in total. The van der Waals surface area contributed by atoms with Gasteiger partial charge in [-0.2, -0.15) is 0 Å². The Labute approximate surface area is 174 Å². The molecule has 2 aliphatic rings. The molecule has 1 atom stereocenters. The molecule has 1 aromatic carbocycles. The normalized spacial score (nSPS) is 25.3. The second kappa shape index (κ2) is 11.6. The molecule has 1 saturated carbocycles. The first-order chi connectivity index (χ1) is 13.8. The molecular formula is C28H42. The van der Waals surface area contributed by atoms with Crippen molar-refractivity contribution < 1.29 is 0 Å². The second-order valence-electron chi connectivity index (χ2n) is 9.39. The number of allylic oxidation sites excluding steroid dienone is 3. The first kappa shape index (κ1) is 21.4. The molecule has 0 aromatic heterocycles. The van der Waals surface area contributed by atoms with Crippen molar-refractivity contribution in [1.29, 1.82) is 0 Å². The number of benzene rings is 1. The Morgan fingerprint density at radius 3 is 2.32 bits per heavy atom. The van der Waals surface area contributed by atoms with E-state index in [2.05, 4.69) is 49.9 Å². The fourth-order valence-corrected chi connectivity index (χ4v) is 5.55. The molecule has 28 heavy (non-hydrogen) atoms. The molecule has 2 aliphatic carbocycles. The Hall–Kier alpha value is -1.30. The zero-order valence-corrected chi connectivity index (χ0v) is 18.3. The largest absolute Gasteiger partial charge is 0.103 e. The van der Waals surface area contributed by atoms with Crippen LogP contribution in [-0.2, 0) is 6.42 Å². The molecule has 0 aliphatic heterocycles. The Morgan fingerprint density at radius 1 is 0.893 bits per heavy atom. The topological polar surface area (TPSA) is 0 Å². The van der Waals surface area contributed by atoms with Gasteiger partial charge in [0.05, 0.1) is 0 Å². The van der Waals surface area contributed by atoms with Crippen molar-refractivity contribution >= 4 is 0 Å². The van der Waals surface area contributed by atoms with Crippen molar-refractivity contribution in [3.05, 3.63) is 59.7 Å². The zero-order valence-electron chi connectivity index (χ0n) is 18.3. The number of aryl methyl sites for hydroxylation is 1. The number of unbranched alkanes of at least 4 members (excludes halogenated alkanes) is 3. The summed E-state index contributed by atoms with van der Waals surface area (Å²) >= 11 is 0. The van der Waals surface area contributed by atoms with Crippen LogP contribution in [0.2, 0.25) is 0 Å². The van der Waals surface area contributed by atoms with E-state index in [-0.39, 0.29) is 0 Å². The predicted octanol–water partition coefficient (Wildman–Crippen LogP) is 8.78. The third-order valence-electron chi connectivity index (χ3n) is 7.38. The maximum absolute atomic E-state index is 3.82. The van der Waals surface area contributed by atoms with Gasteiger partial charge in [-0.05, 0) is 106 Å². The minimum absolute atomic E-state index is 0.817. The molecule has 0 N–H and O–H groups in total. The van der Waals surface area contributed by atoms with Crippen molar-refractivity contribution in [2.45, 2.75) is 103 Å². The molecule has 0 bridgehead atoms. The standard InChI is InChI=1S/C28H42/c1-3-5-6-7-8-10-24-13-17-26(18-14-24)28-21-19-27(20-22-28)25-15-11-23(9-4-2)12-16-25/h3,11-13,15-16,26-28H,1,4-10,14,17-22H2,2H3. The van der Waals surface area contributed by atoms with Crippen molar-refractivity contribution in [3.63, 3.8) is 0 Å². The van der Waals surface area contributed by atoms with Crippen molar-refractivity contribution in [1.82, 2.24) is 0 Å². The third-order valence-corrected chi connectivity index (χ3v) is 7.38. The lowest BCUT2D eigenvalue weighted by Gasteiger charge is -2.35. The van der Waals surface area contributed by atoms with E-state index in [9.17, 15) is 0 Å². The maximum atomic E-state index is 3.82. The average Bonchev–Trinajstić information content (AvgIpc) is 2.75. The fourth-order valence-electron chi connectivity index (χ4n) is 5.55. The molecule has 3 rings (SSSR count). The van der Waals surface area contributed by atoms with E-state index in [1.54, 1.807) is 11.1 Å². The lowest BCUT2D eigenvalue weighted by molar-refractivity contribution is 0.217. The zero-order chi connectivity index (χ0) is 19.6. The summed E-state index contributed by atoms with van der Waals surface area (Å²) in [5.74, 6) is 2.77. The molecule has 0 saturated heterocycles. The van der Waals surface area contributed by atoms with Crippen LogP contribution in [0.25, 0.3) is 0 Å².